The summed E-state index contributed by atoms with van der Waals surface area (Å²) in [6.45, 7) is 4.24. The number of anilines is 1. The smallest absolute Gasteiger partial charge is 0.341 e. The van der Waals surface area contributed by atoms with Gasteiger partial charge in [-0.1, -0.05) is 18.2 Å². The molecule has 4 rings (SSSR count). The van der Waals surface area contributed by atoms with Crippen molar-refractivity contribution in [2.75, 3.05) is 38.8 Å². The van der Waals surface area contributed by atoms with Crippen molar-refractivity contribution in [2.45, 2.75) is 32.4 Å². The van der Waals surface area contributed by atoms with Crippen LogP contribution in [-0.4, -0.2) is 55.4 Å². The van der Waals surface area contributed by atoms with Crippen molar-refractivity contribution in [3.8, 4) is 5.75 Å². The molecule has 0 aliphatic carbocycles. The number of methoxy groups -OCH3 is 1. The van der Waals surface area contributed by atoms with Crippen LogP contribution >= 0.6 is 0 Å². The number of nitrogens with one attached hydrogen (secondary N) is 1. The van der Waals surface area contributed by atoms with E-state index in [2.05, 4.69) is 21.3 Å². The van der Waals surface area contributed by atoms with Gasteiger partial charge in [-0.15, -0.1) is 0 Å². The molecule has 170 valence electrons. The van der Waals surface area contributed by atoms with Gasteiger partial charge in [0, 0.05) is 25.7 Å². The van der Waals surface area contributed by atoms with Gasteiger partial charge in [0.2, 0.25) is 0 Å². The Bertz CT molecular complexity index is 1080. The van der Waals surface area contributed by atoms with E-state index in [1.807, 2.05) is 25.1 Å². The van der Waals surface area contributed by atoms with Gasteiger partial charge in [0.15, 0.2) is 5.58 Å². The maximum atomic E-state index is 12.4. The number of halogens is 1. The van der Waals surface area contributed by atoms with Gasteiger partial charge in [0.1, 0.15) is 30.1 Å². The highest BCUT2D eigenvalue weighted by Crippen LogP contribution is 2.26. The minimum Gasteiger partial charge on any atom is -0.491 e. The second kappa shape index (κ2) is 9.99. The first-order chi connectivity index (χ1) is 15.6. The molecule has 1 aliphatic rings. The number of piperidine rings is 1. The number of aryl methyl sites for hydroxylation is 1. The second-order valence-corrected chi connectivity index (χ2v) is 8.00. The first-order valence-electron chi connectivity index (χ1n) is 10.8. The van der Waals surface area contributed by atoms with Gasteiger partial charge in [0.05, 0.1) is 7.11 Å². The minimum absolute atomic E-state index is 0.0817. The Hall–Kier alpha value is -3.13. The summed E-state index contributed by atoms with van der Waals surface area (Å²) in [5, 5.41) is 3.37. The number of nitrogens with zero attached hydrogens (tertiary/aromatic N) is 2. The number of aromatic nitrogens is 1. The number of benzene rings is 2. The van der Waals surface area contributed by atoms with E-state index in [1.165, 1.54) is 7.11 Å². The molecule has 2 aromatic carbocycles. The van der Waals surface area contributed by atoms with Crippen LogP contribution in [0.2, 0.25) is 0 Å². The predicted octanol–water partition coefficient (Wildman–Crippen LogP) is 4.35. The van der Waals surface area contributed by atoms with Crippen LogP contribution in [0, 0.1) is 6.92 Å². The van der Waals surface area contributed by atoms with E-state index in [0.717, 1.165) is 49.4 Å². The Morgan fingerprint density at radius 1 is 1.28 bits per heavy atom. The van der Waals surface area contributed by atoms with E-state index >= 15 is 0 Å². The van der Waals surface area contributed by atoms with Crippen molar-refractivity contribution >= 4 is 23.1 Å². The molecule has 3 aromatic rings. The van der Waals surface area contributed by atoms with E-state index in [0.29, 0.717) is 22.7 Å². The third kappa shape index (κ3) is 5.02. The molecule has 0 atom stereocenters. The number of rotatable bonds is 8. The molecule has 1 saturated heterocycles. The Kier molecular flexibility index (Phi) is 6.90. The number of likely N-dealkylation sites (tertiary alicyclic amines) is 1. The molecule has 0 radical (unpaired) electrons. The first-order valence-corrected chi connectivity index (χ1v) is 10.8. The molecular weight excluding hydrogens is 413 g/mol. The molecule has 0 bridgehead atoms. The number of carbonyl (C=O) groups excluding carboxylic acids is 1. The fourth-order valence-corrected chi connectivity index (χ4v) is 4.00. The maximum Gasteiger partial charge on any atom is 0.341 e. The van der Waals surface area contributed by atoms with Gasteiger partial charge in [-0.25, -0.2) is 9.18 Å². The van der Waals surface area contributed by atoms with E-state index in [1.54, 1.807) is 12.1 Å². The average molecular weight is 442 g/mol. The fraction of sp³-hybridized carbons (Fsp3) is 0.417. The van der Waals surface area contributed by atoms with Crippen LogP contribution in [0.4, 0.5) is 10.4 Å². The molecule has 0 spiro atoms. The maximum absolute atomic E-state index is 12.4. The van der Waals surface area contributed by atoms with E-state index < -0.39 is 12.6 Å². The quantitative estimate of drug-likeness (QED) is 0.521. The van der Waals surface area contributed by atoms with E-state index in [4.69, 9.17) is 13.9 Å². The third-order valence-electron chi connectivity index (χ3n) is 5.73. The van der Waals surface area contributed by atoms with Crippen LogP contribution in [0.15, 0.2) is 40.8 Å². The number of fused-ring (bicyclic) bond motifs is 1. The minimum atomic E-state index is -0.492. The summed E-state index contributed by atoms with van der Waals surface area (Å²) < 4.78 is 28.6. The molecule has 2 heterocycles. The van der Waals surface area contributed by atoms with Crippen LogP contribution in [0.25, 0.3) is 11.1 Å². The van der Waals surface area contributed by atoms with Gasteiger partial charge in [-0.2, -0.15) is 4.98 Å². The summed E-state index contributed by atoms with van der Waals surface area (Å²) in [4.78, 5) is 18.8. The zero-order valence-corrected chi connectivity index (χ0v) is 18.4. The van der Waals surface area contributed by atoms with E-state index in [-0.39, 0.29) is 12.6 Å². The van der Waals surface area contributed by atoms with E-state index in [9.17, 15) is 9.18 Å². The molecule has 8 heteroatoms. The van der Waals surface area contributed by atoms with Crippen molar-refractivity contribution in [2.24, 2.45) is 0 Å². The fourth-order valence-electron chi connectivity index (χ4n) is 4.00. The monoisotopic (exact) mass is 441 g/mol. The molecule has 1 N–H and O–H groups in total. The van der Waals surface area contributed by atoms with Gasteiger partial charge < -0.3 is 19.2 Å². The molecule has 0 unspecified atom stereocenters. The number of ether oxygens (including phenoxy) is 2. The second-order valence-electron chi connectivity index (χ2n) is 8.00. The normalized spacial score (nSPS) is 15.1. The summed E-state index contributed by atoms with van der Waals surface area (Å²) in [7, 11) is 1.35. The number of para-hydroxylation sites is 1. The lowest BCUT2D eigenvalue weighted by Gasteiger charge is -2.32. The molecule has 0 saturated carbocycles. The third-order valence-corrected chi connectivity index (χ3v) is 5.73. The lowest BCUT2D eigenvalue weighted by molar-refractivity contribution is 0.0602. The molecule has 7 nitrogen and oxygen atoms in total. The topological polar surface area (TPSA) is 76.8 Å². The largest absolute Gasteiger partial charge is 0.491 e. The van der Waals surface area contributed by atoms with Gasteiger partial charge in [-0.05, 0) is 49.1 Å². The van der Waals surface area contributed by atoms with Crippen molar-refractivity contribution in [1.29, 1.82) is 0 Å². The molecule has 1 aromatic heterocycles. The SMILES string of the molecule is COC(=O)c1cccc2nc(NC3CCN(Cc4ccc(C)c(OCCF)c4)CC3)oc12. The lowest BCUT2D eigenvalue weighted by atomic mass is 10.0. The number of hydrogen-bond acceptors (Lipinski definition) is 7. The van der Waals surface area contributed by atoms with Crippen molar-refractivity contribution in [3.63, 3.8) is 0 Å². The molecular formula is C24H28FN3O4. The standard InChI is InChI=1S/C24H28FN3O4/c1-16-6-7-17(14-21(16)31-13-10-25)15-28-11-8-18(9-12-28)26-24-27-20-5-3-4-19(22(20)32-24)23(29)30-2/h3-7,14,18H,8-13,15H2,1-2H3,(H,26,27). The number of esters is 1. The van der Waals surface area contributed by atoms with Gasteiger partial charge in [0.25, 0.3) is 6.01 Å². The summed E-state index contributed by atoms with van der Waals surface area (Å²) >= 11 is 0. The van der Waals surface area contributed by atoms with Crippen LogP contribution in [0.3, 0.4) is 0 Å². The Morgan fingerprint density at radius 3 is 2.84 bits per heavy atom. The number of oxazole rings is 1. The van der Waals surface area contributed by atoms with Crippen molar-refractivity contribution < 1.29 is 23.1 Å². The zero-order valence-electron chi connectivity index (χ0n) is 18.4. The number of alkyl halides is 1. The summed E-state index contributed by atoms with van der Waals surface area (Å²) in [6.07, 6.45) is 1.89. The Balaban J connectivity index is 1.34. The van der Waals surface area contributed by atoms with Crippen LogP contribution in [-0.2, 0) is 11.3 Å². The predicted molar refractivity (Wildman–Crippen MR) is 120 cm³/mol. The molecule has 1 fully saturated rings. The van der Waals surface area contributed by atoms with Crippen LogP contribution < -0.4 is 10.1 Å². The zero-order chi connectivity index (χ0) is 22.5. The average Bonchev–Trinajstić information content (AvgIpc) is 3.22. The summed E-state index contributed by atoms with van der Waals surface area (Å²) in [6, 6.07) is 12.0. The Labute approximate surface area is 186 Å². The number of carbonyl (C=O) groups is 1. The highest BCUT2D eigenvalue weighted by molar-refractivity contribution is 6.01. The highest BCUT2D eigenvalue weighted by atomic mass is 19.1. The van der Waals surface area contributed by atoms with Gasteiger partial charge >= 0.3 is 5.97 Å². The summed E-state index contributed by atoms with van der Waals surface area (Å²) in [5.74, 6) is 0.306. The van der Waals surface area contributed by atoms with Crippen LogP contribution in [0.5, 0.6) is 5.75 Å². The lowest BCUT2D eigenvalue weighted by Crippen LogP contribution is -2.38. The molecule has 0 amide bonds. The molecule has 32 heavy (non-hydrogen) atoms. The Morgan fingerprint density at radius 2 is 2.09 bits per heavy atom. The van der Waals surface area contributed by atoms with Crippen molar-refractivity contribution in [1.82, 2.24) is 9.88 Å². The molecule has 1 aliphatic heterocycles. The number of hydrogen-bond donors (Lipinski definition) is 1. The highest BCUT2D eigenvalue weighted by Gasteiger charge is 2.22. The first kappa shape index (κ1) is 22.1. The van der Waals surface area contributed by atoms with Gasteiger partial charge in [-0.3, -0.25) is 4.90 Å². The van der Waals surface area contributed by atoms with Crippen molar-refractivity contribution in [3.05, 3.63) is 53.1 Å². The summed E-state index contributed by atoms with van der Waals surface area (Å²) in [5.41, 5.74) is 3.60. The van der Waals surface area contributed by atoms with Crippen LogP contribution in [0.1, 0.15) is 34.3 Å².